The lowest BCUT2D eigenvalue weighted by molar-refractivity contribution is -0.145. The molecule has 28 heavy (non-hydrogen) atoms. The van der Waals surface area contributed by atoms with Crippen LogP contribution in [0.4, 0.5) is 0 Å². The normalized spacial score (nSPS) is 19.6. The van der Waals surface area contributed by atoms with E-state index in [4.69, 9.17) is 9.47 Å². The summed E-state index contributed by atoms with van der Waals surface area (Å²) in [5.74, 6) is 0.536. The van der Waals surface area contributed by atoms with E-state index < -0.39 is 0 Å². The van der Waals surface area contributed by atoms with E-state index in [2.05, 4.69) is 41.3 Å². The first-order valence-electron chi connectivity index (χ1n) is 9.61. The summed E-state index contributed by atoms with van der Waals surface area (Å²) in [6, 6.07) is 22.8. The highest BCUT2D eigenvalue weighted by atomic mass is 16.5. The number of fused-ring (bicyclic) bond motifs is 1. The molecule has 1 fully saturated rings. The van der Waals surface area contributed by atoms with E-state index in [0.717, 1.165) is 35.2 Å². The third-order valence-corrected chi connectivity index (χ3v) is 5.66. The molecule has 2 atom stereocenters. The predicted molar refractivity (Wildman–Crippen MR) is 110 cm³/mol. The van der Waals surface area contributed by atoms with Crippen LogP contribution in [0.2, 0.25) is 0 Å². The van der Waals surface area contributed by atoms with Gasteiger partial charge in [-0.25, -0.2) is 0 Å². The van der Waals surface area contributed by atoms with E-state index in [0.29, 0.717) is 6.54 Å². The number of hydrogen-bond acceptors (Lipinski definition) is 4. The zero-order valence-corrected chi connectivity index (χ0v) is 16.3. The molecule has 0 saturated carbocycles. The fourth-order valence-electron chi connectivity index (χ4n) is 4.34. The maximum absolute atomic E-state index is 12.6. The minimum absolute atomic E-state index is 0.0377. The summed E-state index contributed by atoms with van der Waals surface area (Å²) >= 11 is 0. The van der Waals surface area contributed by atoms with Gasteiger partial charge in [0.15, 0.2) is 0 Å². The van der Waals surface area contributed by atoms with Crippen molar-refractivity contribution in [2.24, 2.45) is 5.92 Å². The molecule has 4 nitrogen and oxygen atoms in total. The fraction of sp³-hybridized carbons (Fsp3) is 0.292. The van der Waals surface area contributed by atoms with Gasteiger partial charge in [-0.15, -0.1) is 0 Å². The molecule has 0 bridgehead atoms. The van der Waals surface area contributed by atoms with Crippen LogP contribution in [-0.4, -0.2) is 38.2 Å². The summed E-state index contributed by atoms with van der Waals surface area (Å²) in [6.45, 7) is 2.30. The van der Waals surface area contributed by atoms with Gasteiger partial charge in [-0.2, -0.15) is 0 Å². The Hall–Kier alpha value is -2.85. The van der Waals surface area contributed by atoms with Crippen molar-refractivity contribution in [2.45, 2.75) is 12.5 Å². The molecule has 0 amide bonds. The van der Waals surface area contributed by atoms with Gasteiger partial charge in [0, 0.05) is 36.5 Å². The summed E-state index contributed by atoms with van der Waals surface area (Å²) in [5.41, 5.74) is 2.32. The molecule has 1 heterocycles. The summed E-state index contributed by atoms with van der Waals surface area (Å²) in [6.07, 6.45) is 0. The lowest BCUT2D eigenvalue weighted by Gasteiger charge is -2.21. The van der Waals surface area contributed by atoms with E-state index in [1.54, 1.807) is 7.11 Å². The Morgan fingerprint density at radius 1 is 0.964 bits per heavy atom. The Balaban J connectivity index is 1.70. The van der Waals surface area contributed by atoms with Gasteiger partial charge in [-0.3, -0.25) is 9.69 Å². The van der Waals surface area contributed by atoms with Gasteiger partial charge in [-0.05, 0) is 10.9 Å². The Morgan fingerprint density at radius 2 is 1.71 bits per heavy atom. The molecule has 0 N–H and O–H groups in total. The molecule has 1 aliphatic rings. The molecule has 1 saturated heterocycles. The Kier molecular flexibility index (Phi) is 5.31. The van der Waals surface area contributed by atoms with Crippen LogP contribution in [0.25, 0.3) is 10.8 Å². The van der Waals surface area contributed by atoms with Gasteiger partial charge >= 0.3 is 5.97 Å². The van der Waals surface area contributed by atoms with Crippen LogP contribution in [0.5, 0.6) is 5.75 Å². The molecule has 0 unspecified atom stereocenters. The van der Waals surface area contributed by atoms with Crippen molar-refractivity contribution in [3.05, 3.63) is 77.9 Å². The number of likely N-dealkylation sites (tertiary alicyclic amines) is 1. The first-order chi connectivity index (χ1) is 13.7. The Bertz CT molecular complexity index is 970. The predicted octanol–water partition coefficient (Wildman–Crippen LogP) is 4.24. The standard InChI is InChI=1S/C24H25NO3/c1-27-23-19-11-7-6-10-18(19)12-13-20(23)21-15-25(16-22(21)24(26)28-2)14-17-8-4-3-5-9-17/h3-13,21-22H,14-16H2,1-2H3/t21-,22+/m0/s1. The molecule has 3 aromatic carbocycles. The molecule has 1 aliphatic heterocycles. The van der Waals surface area contributed by atoms with Crippen LogP contribution in [0, 0.1) is 5.92 Å². The number of rotatable bonds is 5. The molecular weight excluding hydrogens is 350 g/mol. The average Bonchev–Trinajstić information content (AvgIpc) is 3.16. The third kappa shape index (κ3) is 3.48. The second kappa shape index (κ2) is 8.03. The number of hydrogen-bond donors (Lipinski definition) is 0. The van der Waals surface area contributed by atoms with Crippen LogP contribution in [0.3, 0.4) is 0 Å². The van der Waals surface area contributed by atoms with E-state index >= 15 is 0 Å². The van der Waals surface area contributed by atoms with Crippen LogP contribution in [0.15, 0.2) is 66.7 Å². The molecular formula is C24H25NO3. The topological polar surface area (TPSA) is 38.8 Å². The first-order valence-corrected chi connectivity index (χ1v) is 9.61. The number of methoxy groups -OCH3 is 2. The lowest BCUT2D eigenvalue weighted by Crippen LogP contribution is -2.24. The van der Waals surface area contributed by atoms with Crippen molar-refractivity contribution in [3.8, 4) is 5.75 Å². The van der Waals surface area contributed by atoms with E-state index in [-0.39, 0.29) is 17.8 Å². The van der Waals surface area contributed by atoms with Crippen LogP contribution >= 0.6 is 0 Å². The quantitative estimate of drug-likeness (QED) is 0.626. The van der Waals surface area contributed by atoms with Gasteiger partial charge in [0.2, 0.25) is 0 Å². The zero-order valence-electron chi connectivity index (χ0n) is 16.3. The van der Waals surface area contributed by atoms with Gasteiger partial charge in [0.1, 0.15) is 5.75 Å². The van der Waals surface area contributed by atoms with Crippen molar-refractivity contribution in [3.63, 3.8) is 0 Å². The average molecular weight is 375 g/mol. The van der Waals surface area contributed by atoms with Crippen LogP contribution < -0.4 is 4.74 Å². The van der Waals surface area contributed by atoms with E-state index in [1.807, 2.05) is 30.3 Å². The van der Waals surface area contributed by atoms with Crippen molar-refractivity contribution in [2.75, 3.05) is 27.3 Å². The van der Waals surface area contributed by atoms with Crippen molar-refractivity contribution in [1.82, 2.24) is 4.90 Å². The number of esters is 1. The Morgan fingerprint density at radius 3 is 2.46 bits per heavy atom. The maximum Gasteiger partial charge on any atom is 0.310 e. The molecule has 3 aromatic rings. The third-order valence-electron chi connectivity index (χ3n) is 5.66. The molecule has 0 radical (unpaired) electrons. The molecule has 0 spiro atoms. The number of carbonyl (C=O) groups is 1. The molecule has 144 valence electrons. The highest BCUT2D eigenvalue weighted by molar-refractivity contribution is 5.90. The summed E-state index contributed by atoms with van der Waals surface area (Å²) in [5, 5.41) is 2.21. The summed E-state index contributed by atoms with van der Waals surface area (Å²) < 4.78 is 11.0. The van der Waals surface area contributed by atoms with E-state index in [9.17, 15) is 4.79 Å². The van der Waals surface area contributed by atoms with Gasteiger partial charge < -0.3 is 9.47 Å². The second-order valence-electron chi connectivity index (χ2n) is 7.33. The highest BCUT2D eigenvalue weighted by Crippen LogP contribution is 2.41. The summed E-state index contributed by atoms with van der Waals surface area (Å²) in [7, 11) is 3.17. The fourth-order valence-corrected chi connectivity index (χ4v) is 4.34. The zero-order chi connectivity index (χ0) is 19.5. The molecule has 4 rings (SSSR count). The largest absolute Gasteiger partial charge is 0.496 e. The number of nitrogens with zero attached hydrogens (tertiary/aromatic N) is 1. The minimum Gasteiger partial charge on any atom is -0.496 e. The maximum atomic E-state index is 12.6. The minimum atomic E-state index is -0.205. The smallest absolute Gasteiger partial charge is 0.310 e. The van der Waals surface area contributed by atoms with Gasteiger partial charge in [0.05, 0.1) is 20.1 Å². The first kappa shape index (κ1) is 18.5. The molecule has 0 aromatic heterocycles. The number of ether oxygens (including phenoxy) is 2. The van der Waals surface area contributed by atoms with Crippen LogP contribution in [0.1, 0.15) is 17.0 Å². The van der Waals surface area contributed by atoms with E-state index in [1.165, 1.54) is 12.7 Å². The highest BCUT2D eigenvalue weighted by Gasteiger charge is 2.40. The van der Waals surface area contributed by atoms with Crippen LogP contribution in [-0.2, 0) is 16.1 Å². The Labute approximate surface area is 165 Å². The van der Waals surface area contributed by atoms with Crippen molar-refractivity contribution >= 4 is 16.7 Å². The number of benzene rings is 3. The van der Waals surface area contributed by atoms with Crippen molar-refractivity contribution in [1.29, 1.82) is 0 Å². The van der Waals surface area contributed by atoms with Gasteiger partial charge in [0.25, 0.3) is 0 Å². The SMILES string of the molecule is COC(=O)[C@@H]1CN(Cc2ccccc2)C[C@H]1c1ccc2ccccc2c1OC. The molecule has 0 aliphatic carbocycles. The molecule has 4 heteroatoms. The van der Waals surface area contributed by atoms with Gasteiger partial charge in [-0.1, -0.05) is 66.7 Å². The summed E-state index contributed by atoms with van der Waals surface area (Å²) in [4.78, 5) is 14.9. The van der Waals surface area contributed by atoms with Crippen molar-refractivity contribution < 1.29 is 14.3 Å². The number of carbonyl (C=O) groups excluding carboxylic acids is 1. The lowest BCUT2D eigenvalue weighted by atomic mass is 9.87. The second-order valence-corrected chi connectivity index (χ2v) is 7.33. The monoisotopic (exact) mass is 375 g/mol.